The number of rotatable bonds is 3. The summed E-state index contributed by atoms with van der Waals surface area (Å²) in [5.41, 5.74) is 3.49. The number of nitrogens with zero attached hydrogens (tertiary/aromatic N) is 1. The molecular formula is C17H26N2O2. The summed E-state index contributed by atoms with van der Waals surface area (Å²) in [7, 11) is 0. The second kappa shape index (κ2) is 6.06. The van der Waals surface area contributed by atoms with Crippen LogP contribution in [-0.2, 0) is 11.3 Å². The highest BCUT2D eigenvalue weighted by Gasteiger charge is 2.33. The smallest absolute Gasteiger partial charge is 0.410 e. The third-order valence-electron chi connectivity index (χ3n) is 3.61. The van der Waals surface area contributed by atoms with E-state index in [9.17, 15) is 4.79 Å². The van der Waals surface area contributed by atoms with Gasteiger partial charge in [-0.25, -0.2) is 4.79 Å². The molecule has 1 fully saturated rings. The number of amides is 1. The van der Waals surface area contributed by atoms with Crippen LogP contribution in [0.4, 0.5) is 4.79 Å². The van der Waals surface area contributed by atoms with Crippen molar-refractivity contribution in [3.63, 3.8) is 0 Å². The molecule has 0 radical (unpaired) electrons. The highest BCUT2D eigenvalue weighted by Crippen LogP contribution is 2.16. The monoisotopic (exact) mass is 290 g/mol. The quantitative estimate of drug-likeness (QED) is 0.930. The Kier molecular flexibility index (Phi) is 4.57. The zero-order valence-electron chi connectivity index (χ0n) is 13.7. The molecule has 1 aromatic rings. The normalized spacial score (nSPS) is 15.8. The largest absolute Gasteiger partial charge is 0.444 e. The number of nitrogens with one attached hydrogen (secondary N) is 1. The highest BCUT2D eigenvalue weighted by atomic mass is 16.6. The molecule has 4 nitrogen and oxygen atoms in total. The number of likely N-dealkylation sites (tertiary alicyclic amines) is 1. The van der Waals surface area contributed by atoms with Crippen LogP contribution in [0, 0.1) is 13.8 Å². The number of hydrogen-bond donors (Lipinski definition) is 1. The van der Waals surface area contributed by atoms with E-state index >= 15 is 0 Å². The number of carbonyl (C=O) groups is 1. The molecule has 116 valence electrons. The van der Waals surface area contributed by atoms with Gasteiger partial charge >= 0.3 is 6.09 Å². The van der Waals surface area contributed by atoms with Crippen molar-refractivity contribution in [3.8, 4) is 0 Å². The third-order valence-corrected chi connectivity index (χ3v) is 3.61. The van der Waals surface area contributed by atoms with Crippen LogP contribution in [0.25, 0.3) is 0 Å². The zero-order valence-corrected chi connectivity index (χ0v) is 13.7. The first kappa shape index (κ1) is 15.8. The fourth-order valence-corrected chi connectivity index (χ4v) is 2.38. The summed E-state index contributed by atoms with van der Waals surface area (Å²) in [6.45, 7) is 12.2. The van der Waals surface area contributed by atoms with E-state index < -0.39 is 5.60 Å². The Morgan fingerprint density at radius 1 is 1.33 bits per heavy atom. The summed E-state index contributed by atoms with van der Waals surface area (Å²) in [6, 6.07) is 6.86. The van der Waals surface area contributed by atoms with Crippen LogP contribution in [-0.4, -0.2) is 35.7 Å². The van der Waals surface area contributed by atoms with Gasteiger partial charge in [0.15, 0.2) is 0 Å². The molecule has 2 rings (SSSR count). The minimum atomic E-state index is -0.422. The molecule has 1 aliphatic heterocycles. The summed E-state index contributed by atoms with van der Waals surface area (Å²) < 4.78 is 5.34. The van der Waals surface area contributed by atoms with E-state index in [-0.39, 0.29) is 6.09 Å². The Bertz CT molecular complexity index is 514. The van der Waals surface area contributed by atoms with Crippen molar-refractivity contribution in [3.05, 3.63) is 34.9 Å². The summed E-state index contributed by atoms with van der Waals surface area (Å²) in [5.74, 6) is 0. The summed E-state index contributed by atoms with van der Waals surface area (Å²) >= 11 is 0. The lowest BCUT2D eigenvalue weighted by molar-refractivity contribution is 0.00518. The van der Waals surface area contributed by atoms with Crippen LogP contribution in [0.3, 0.4) is 0 Å². The van der Waals surface area contributed by atoms with Gasteiger partial charge < -0.3 is 15.0 Å². The van der Waals surface area contributed by atoms with E-state index in [4.69, 9.17) is 4.74 Å². The average molecular weight is 290 g/mol. The SMILES string of the molecule is Cc1ccc(CNC2CN(C(=O)OC(C)(C)C)C2)c(C)c1. The van der Waals surface area contributed by atoms with Crippen LogP contribution >= 0.6 is 0 Å². The van der Waals surface area contributed by atoms with E-state index in [1.807, 2.05) is 20.8 Å². The van der Waals surface area contributed by atoms with Gasteiger partial charge in [-0.15, -0.1) is 0 Å². The third kappa shape index (κ3) is 4.46. The molecule has 0 aliphatic carbocycles. The molecular weight excluding hydrogens is 264 g/mol. The summed E-state index contributed by atoms with van der Waals surface area (Å²) in [6.07, 6.45) is -0.216. The van der Waals surface area contributed by atoms with Crippen LogP contribution in [0.2, 0.25) is 0 Å². The minimum absolute atomic E-state index is 0.216. The predicted octanol–water partition coefficient (Wildman–Crippen LogP) is 3.01. The molecule has 0 spiro atoms. The van der Waals surface area contributed by atoms with Gasteiger partial charge in [-0.05, 0) is 45.7 Å². The minimum Gasteiger partial charge on any atom is -0.444 e. The van der Waals surface area contributed by atoms with E-state index in [1.54, 1.807) is 4.90 Å². The first-order valence-corrected chi connectivity index (χ1v) is 7.52. The Labute approximate surface area is 127 Å². The molecule has 21 heavy (non-hydrogen) atoms. The second-order valence-electron chi connectivity index (χ2n) is 6.89. The number of ether oxygens (including phenoxy) is 1. The van der Waals surface area contributed by atoms with Crippen LogP contribution in [0.5, 0.6) is 0 Å². The van der Waals surface area contributed by atoms with Crippen molar-refractivity contribution in [2.45, 2.75) is 52.8 Å². The molecule has 1 amide bonds. The van der Waals surface area contributed by atoms with E-state index in [0.717, 1.165) is 19.6 Å². The molecule has 0 aromatic heterocycles. The van der Waals surface area contributed by atoms with E-state index in [1.165, 1.54) is 16.7 Å². The van der Waals surface area contributed by atoms with Gasteiger partial charge in [-0.2, -0.15) is 0 Å². The number of hydrogen-bond acceptors (Lipinski definition) is 3. The number of aryl methyl sites for hydroxylation is 2. The number of benzene rings is 1. The van der Waals surface area contributed by atoms with Crippen LogP contribution in [0.15, 0.2) is 18.2 Å². The van der Waals surface area contributed by atoms with Crippen molar-refractivity contribution in [2.24, 2.45) is 0 Å². The van der Waals surface area contributed by atoms with Gasteiger partial charge in [-0.3, -0.25) is 0 Å². The molecule has 0 atom stereocenters. The van der Waals surface area contributed by atoms with Gasteiger partial charge in [0.05, 0.1) is 0 Å². The second-order valence-corrected chi connectivity index (χ2v) is 6.89. The topological polar surface area (TPSA) is 41.6 Å². The average Bonchev–Trinajstić information content (AvgIpc) is 2.27. The Hall–Kier alpha value is -1.55. The van der Waals surface area contributed by atoms with Gasteiger partial charge in [-0.1, -0.05) is 23.8 Å². The first-order chi connectivity index (χ1) is 9.74. The summed E-state index contributed by atoms with van der Waals surface area (Å²) in [5, 5.41) is 3.49. The maximum atomic E-state index is 11.8. The Morgan fingerprint density at radius 2 is 2.00 bits per heavy atom. The Balaban J connectivity index is 1.75. The van der Waals surface area contributed by atoms with E-state index in [2.05, 4.69) is 37.4 Å². The van der Waals surface area contributed by atoms with Crippen LogP contribution in [0.1, 0.15) is 37.5 Å². The first-order valence-electron chi connectivity index (χ1n) is 7.52. The molecule has 1 aliphatic rings. The fraction of sp³-hybridized carbons (Fsp3) is 0.588. The van der Waals surface area contributed by atoms with Crippen molar-refractivity contribution in [1.82, 2.24) is 10.2 Å². The standard InChI is InChI=1S/C17H26N2O2/c1-12-6-7-14(13(2)8-12)9-18-15-10-19(11-15)16(20)21-17(3,4)5/h6-8,15,18H,9-11H2,1-5H3. The lowest BCUT2D eigenvalue weighted by Crippen LogP contribution is -2.60. The van der Waals surface area contributed by atoms with Crippen molar-refractivity contribution < 1.29 is 9.53 Å². The molecule has 0 saturated carbocycles. The lowest BCUT2D eigenvalue weighted by Gasteiger charge is -2.40. The van der Waals surface area contributed by atoms with E-state index in [0.29, 0.717) is 6.04 Å². The van der Waals surface area contributed by atoms with Crippen molar-refractivity contribution >= 4 is 6.09 Å². The highest BCUT2D eigenvalue weighted by molar-refractivity contribution is 5.69. The maximum absolute atomic E-state index is 11.8. The summed E-state index contributed by atoms with van der Waals surface area (Å²) in [4.78, 5) is 13.6. The van der Waals surface area contributed by atoms with Gasteiger partial charge in [0.1, 0.15) is 5.60 Å². The lowest BCUT2D eigenvalue weighted by atomic mass is 10.0. The van der Waals surface area contributed by atoms with Crippen molar-refractivity contribution in [2.75, 3.05) is 13.1 Å². The molecule has 1 saturated heterocycles. The molecule has 4 heteroatoms. The van der Waals surface area contributed by atoms with Crippen molar-refractivity contribution in [1.29, 1.82) is 0 Å². The number of carbonyl (C=O) groups excluding carboxylic acids is 1. The molecule has 1 N–H and O–H groups in total. The molecule has 1 heterocycles. The van der Waals surface area contributed by atoms with Gasteiger partial charge in [0, 0.05) is 25.7 Å². The maximum Gasteiger partial charge on any atom is 0.410 e. The fourth-order valence-electron chi connectivity index (χ4n) is 2.38. The van der Waals surface area contributed by atoms with Gasteiger partial charge in [0.2, 0.25) is 0 Å². The van der Waals surface area contributed by atoms with Crippen LogP contribution < -0.4 is 5.32 Å². The Morgan fingerprint density at radius 3 is 2.57 bits per heavy atom. The molecule has 1 aromatic carbocycles. The predicted molar refractivity (Wildman–Crippen MR) is 84.4 cm³/mol. The zero-order chi connectivity index (χ0) is 15.6. The molecule has 0 bridgehead atoms. The molecule has 0 unspecified atom stereocenters. The van der Waals surface area contributed by atoms with Gasteiger partial charge in [0.25, 0.3) is 0 Å².